The molecule has 2 saturated heterocycles. The van der Waals surface area contributed by atoms with Crippen molar-refractivity contribution >= 4 is 18.0 Å². The van der Waals surface area contributed by atoms with Gasteiger partial charge in [0.15, 0.2) is 0 Å². The van der Waals surface area contributed by atoms with Crippen molar-refractivity contribution in [1.29, 1.82) is 0 Å². The van der Waals surface area contributed by atoms with E-state index >= 15 is 0 Å². The van der Waals surface area contributed by atoms with Gasteiger partial charge in [0.25, 0.3) is 5.91 Å². The summed E-state index contributed by atoms with van der Waals surface area (Å²) in [6.07, 6.45) is 2.93. The van der Waals surface area contributed by atoms with E-state index in [9.17, 15) is 18.7 Å². The van der Waals surface area contributed by atoms with Gasteiger partial charge < -0.3 is 20.1 Å². The van der Waals surface area contributed by atoms with Gasteiger partial charge in [-0.3, -0.25) is 20.5 Å². The molecule has 0 radical (unpaired) electrons. The number of alkyl halides is 2. The summed E-state index contributed by atoms with van der Waals surface area (Å²) in [6, 6.07) is -0.672. The largest absolute Gasteiger partial charge is 0.391 e. The highest BCUT2D eigenvalue weighted by molar-refractivity contribution is 6.40. The number of hydrogen-bond donors (Lipinski definition) is 4. The van der Waals surface area contributed by atoms with E-state index in [0.29, 0.717) is 32.5 Å². The summed E-state index contributed by atoms with van der Waals surface area (Å²) in [5.41, 5.74) is 3.21. The first kappa shape index (κ1) is 21.7. The van der Waals surface area contributed by atoms with Crippen LogP contribution in [0.2, 0.25) is 0 Å². The maximum Gasteiger partial charge on any atom is 0.270 e. The van der Waals surface area contributed by atoms with E-state index in [2.05, 4.69) is 26.2 Å². The number of aliphatic hydroxyl groups excluding tert-OH is 1. The zero-order valence-corrected chi connectivity index (χ0v) is 17.7. The van der Waals surface area contributed by atoms with Crippen molar-refractivity contribution in [1.82, 2.24) is 21.0 Å². The molecule has 4 N–H and O–H groups in total. The van der Waals surface area contributed by atoms with Crippen molar-refractivity contribution in [3.63, 3.8) is 0 Å². The Morgan fingerprint density at radius 2 is 2.22 bits per heavy atom. The third kappa shape index (κ3) is 4.13. The Kier molecular flexibility index (Phi) is 6.13. The number of aliphatic hydroxyl groups is 1. The van der Waals surface area contributed by atoms with E-state index in [1.807, 2.05) is 0 Å². The van der Waals surface area contributed by atoms with Crippen LogP contribution < -0.4 is 16.1 Å². The molecule has 9 atom stereocenters. The molecule has 0 aromatic heterocycles. The molecule has 1 aliphatic carbocycles. The Morgan fingerprint density at radius 3 is 3.03 bits per heavy atom. The number of likely N-dealkylation sites (tertiary alicyclic amines) is 1. The summed E-state index contributed by atoms with van der Waals surface area (Å²) in [5.74, 6) is -0.899. The minimum absolute atomic E-state index is 0.0129. The Hall–Kier alpha value is -2.11. The second-order valence-electron chi connectivity index (χ2n) is 9.26. The number of allylic oxidation sites excluding steroid dienone is 2. The summed E-state index contributed by atoms with van der Waals surface area (Å²) < 4.78 is 33.9. The lowest BCUT2D eigenvalue weighted by atomic mass is 9.85. The average molecular weight is 453 g/mol. The fraction of sp³-hybridized carbons (Fsp3) is 0.762. The number of rotatable bonds is 4. The van der Waals surface area contributed by atoms with Gasteiger partial charge in [0, 0.05) is 19.1 Å². The molecule has 4 aliphatic heterocycles. The number of fused-ring (bicyclic) bond motifs is 1. The van der Waals surface area contributed by atoms with Crippen molar-refractivity contribution in [2.45, 2.75) is 68.5 Å². The minimum Gasteiger partial charge on any atom is -0.391 e. The maximum atomic E-state index is 14.4. The van der Waals surface area contributed by atoms with Crippen LogP contribution in [0.15, 0.2) is 22.2 Å². The van der Waals surface area contributed by atoms with Gasteiger partial charge in [-0.1, -0.05) is 12.2 Å². The van der Waals surface area contributed by atoms with Crippen LogP contribution in [0.1, 0.15) is 25.7 Å². The first-order valence-corrected chi connectivity index (χ1v) is 11.4. The van der Waals surface area contributed by atoms with Gasteiger partial charge in [-0.05, 0) is 25.2 Å². The van der Waals surface area contributed by atoms with E-state index < -0.39 is 30.5 Å². The Morgan fingerprint density at radius 1 is 1.34 bits per heavy atom. The molecule has 0 aromatic rings. The zero-order valence-electron chi connectivity index (χ0n) is 17.7. The van der Waals surface area contributed by atoms with Crippen LogP contribution in [0.25, 0.3) is 0 Å². The molecule has 5 rings (SSSR count). The number of hydrogen-bond acceptors (Lipinski definition) is 8. The van der Waals surface area contributed by atoms with Crippen molar-refractivity contribution < 1.29 is 23.4 Å². The standard InChI is InChI=1S/C21H30F2N6O3/c22-12-3-1-2-11(6-12)15-7-13(23)8-29(15)21(31)18-17-19(24-10-25-20(17)28-27-18)26-14-9-32-5-4-16(14)30/h1,3,10-17,19-20,26,28,30H,2,4-9H2,(H,24,25)/t11?,12?,13-,14+,15+,16+,17?,19?,20?/m0/s1. The molecule has 2 fully saturated rings. The first-order chi connectivity index (χ1) is 15.5. The van der Waals surface area contributed by atoms with Crippen molar-refractivity contribution in [2.24, 2.45) is 21.9 Å². The summed E-state index contributed by atoms with van der Waals surface area (Å²) in [7, 11) is 0. The van der Waals surface area contributed by atoms with Gasteiger partial charge in [0.2, 0.25) is 0 Å². The van der Waals surface area contributed by atoms with Crippen LogP contribution in [-0.4, -0.2) is 90.6 Å². The molecule has 176 valence electrons. The predicted molar refractivity (Wildman–Crippen MR) is 113 cm³/mol. The summed E-state index contributed by atoms with van der Waals surface area (Å²) >= 11 is 0. The van der Waals surface area contributed by atoms with Gasteiger partial charge in [-0.2, -0.15) is 5.10 Å². The highest BCUT2D eigenvalue weighted by Crippen LogP contribution is 2.35. The third-order valence-electron chi connectivity index (χ3n) is 7.16. The third-order valence-corrected chi connectivity index (χ3v) is 7.16. The molecule has 5 aliphatic rings. The van der Waals surface area contributed by atoms with E-state index in [1.54, 1.807) is 12.4 Å². The lowest BCUT2D eigenvalue weighted by Crippen LogP contribution is -2.61. The zero-order chi connectivity index (χ0) is 22.2. The highest BCUT2D eigenvalue weighted by Gasteiger charge is 2.49. The number of nitrogens with zero attached hydrogens (tertiary/aromatic N) is 3. The molecule has 5 unspecified atom stereocenters. The Balaban J connectivity index is 1.33. The normalized spacial score (nSPS) is 43.4. The van der Waals surface area contributed by atoms with Gasteiger partial charge in [0.1, 0.15) is 30.4 Å². The number of halogens is 2. The van der Waals surface area contributed by atoms with Crippen LogP contribution in [0, 0.1) is 11.8 Å². The first-order valence-electron chi connectivity index (χ1n) is 11.4. The lowest BCUT2D eigenvalue weighted by Gasteiger charge is -2.37. The maximum absolute atomic E-state index is 14.4. The second kappa shape index (κ2) is 9.03. The molecule has 9 nitrogen and oxygen atoms in total. The monoisotopic (exact) mass is 452 g/mol. The SMILES string of the molecule is O=C(C1=NNC2NC=NC(N[C@@H]3COCC[C@H]3O)C12)N1C[C@@H](F)C[C@@H]1C1CC=CC(F)C1. The molecular weight excluding hydrogens is 422 g/mol. The van der Waals surface area contributed by atoms with Crippen LogP contribution in [0.3, 0.4) is 0 Å². The van der Waals surface area contributed by atoms with Gasteiger partial charge in [-0.25, -0.2) is 8.78 Å². The van der Waals surface area contributed by atoms with Crippen LogP contribution in [-0.2, 0) is 9.53 Å². The Labute approximate surface area is 185 Å². The number of carbonyl (C=O) groups excluding carboxylic acids is 1. The fourth-order valence-electron chi connectivity index (χ4n) is 5.48. The smallest absolute Gasteiger partial charge is 0.270 e. The molecule has 0 aromatic carbocycles. The van der Waals surface area contributed by atoms with Crippen molar-refractivity contribution in [2.75, 3.05) is 19.8 Å². The second-order valence-corrected chi connectivity index (χ2v) is 9.26. The molecule has 11 heteroatoms. The number of nitrogens with one attached hydrogen (secondary N) is 3. The molecule has 1 amide bonds. The van der Waals surface area contributed by atoms with E-state index in [4.69, 9.17) is 4.74 Å². The number of carbonyl (C=O) groups is 1. The summed E-state index contributed by atoms with van der Waals surface area (Å²) in [6.45, 7) is 0.842. The molecular formula is C21H30F2N6O3. The Bertz CT molecular complexity index is 810. The minimum atomic E-state index is -1.13. The lowest BCUT2D eigenvalue weighted by molar-refractivity contribution is -0.126. The molecule has 0 spiro atoms. The number of amides is 1. The quantitative estimate of drug-likeness (QED) is 0.441. The number of hydrazone groups is 1. The van der Waals surface area contributed by atoms with Gasteiger partial charge in [-0.15, -0.1) is 0 Å². The van der Waals surface area contributed by atoms with Gasteiger partial charge >= 0.3 is 0 Å². The highest BCUT2D eigenvalue weighted by atomic mass is 19.1. The van der Waals surface area contributed by atoms with Gasteiger partial charge in [0.05, 0.1) is 37.6 Å². The summed E-state index contributed by atoms with van der Waals surface area (Å²) in [5, 5.41) is 21.0. The molecule has 4 heterocycles. The topological polar surface area (TPSA) is 111 Å². The molecule has 0 saturated carbocycles. The van der Waals surface area contributed by atoms with E-state index in [0.717, 1.165) is 0 Å². The molecule has 32 heavy (non-hydrogen) atoms. The fourth-order valence-corrected chi connectivity index (χ4v) is 5.48. The number of ether oxygens (including phenoxy) is 1. The van der Waals surface area contributed by atoms with E-state index in [1.165, 1.54) is 11.0 Å². The number of aliphatic imine (C=N–C) groups is 1. The summed E-state index contributed by atoms with van der Waals surface area (Å²) in [4.78, 5) is 19.6. The predicted octanol–water partition coefficient (Wildman–Crippen LogP) is -0.172. The average Bonchev–Trinajstić information content (AvgIpc) is 3.39. The van der Waals surface area contributed by atoms with Crippen molar-refractivity contribution in [3.8, 4) is 0 Å². The van der Waals surface area contributed by atoms with Crippen molar-refractivity contribution in [3.05, 3.63) is 12.2 Å². The van der Waals surface area contributed by atoms with Crippen LogP contribution >= 0.6 is 0 Å². The molecule has 0 bridgehead atoms. The van der Waals surface area contributed by atoms with Crippen LogP contribution in [0.5, 0.6) is 0 Å². The van der Waals surface area contributed by atoms with Crippen LogP contribution in [0.4, 0.5) is 8.78 Å². The van der Waals surface area contributed by atoms with E-state index in [-0.39, 0.29) is 48.8 Å².